The maximum atomic E-state index is 12.3. The van der Waals surface area contributed by atoms with Crippen LogP contribution in [0.1, 0.15) is 26.2 Å². The van der Waals surface area contributed by atoms with Crippen molar-refractivity contribution in [2.45, 2.75) is 26.2 Å². The molecule has 0 radical (unpaired) electrons. The zero-order valence-electron chi connectivity index (χ0n) is 11.2. The first-order valence-electron chi connectivity index (χ1n) is 6.76. The van der Waals surface area contributed by atoms with Crippen LogP contribution in [0.3, 0.4) is 0 Å². The van der Waals surface area contributed by atoms with Gasteiger partial charge in [0.1, 0.15) is 0 Å². The molecule has 1 aliphatic carbocycles. The van der Waals surface area contributed by atoms with Crippen LogP contribution < -0.4 is 0 Å². The summed E-state index contributed by atoms with van der Waals surface area (Å²) >= 11 is 0. The minimum Gasteiger partial charge on any atom is -0.481 e. The van der Waals surface area contributed by atoms with Crippen LogP contribution in [0.25, 0.3) is 0 Å². The highest BCUT2D eigenvalue weighted by molar-refractivity contribution is 5.81. The molecule has 6 heteroatoms. The van der Waals surface area contributed by atoms with Gasteiger partial charge in [-0.2, -0.15) is 0 Å². The van der Waals surface area contributed by atoms with Crippen LogP contribution in [0.15, 0.2) is 0 Å². The van der Waals surface area contributed by atoms with Crippen LogP contribution in [-0.2, 0) is 14.4 Å². The summed E-state index contributed by atoms with van der Waals surface area (Å²) in [7, 11) is 0. The maximum absolute atomic E-state index is 12.3. The highest BCUT2D eigenvalue weighted by Crippen LogP contribution is 2.32. The van der Waals surface area contributed by atoms with E-state index in [1.54, 1.807) is 9.80 Å². The minimum absolute atomic E-state index is 0.0407. The number of amides is 2. The number of aliphatic carboxylic acids is 1. The Hall–Kier alpha value is -1.59. The summed E-state index contributed by atoms with van der Waals surface area (Å²) < 4.78 is 0. The summed E-state index contributed by atoms with van der Waals surface area (Å²) in [5.41, 5.74) is 0. The number of hydrogen-bond acceptors (Lipinski definition) is 3. The van der Waals surface area contributed by atoms with Crippen LogP contribution in [0.5, 0.6) is 0 Å². The predicted molar refractivity (Wildman–Crippen MR) is 67.3 cm³/mol. The molecule has 0 spiro atoms. The first kappa shape index (κ1) is 13.8. The van der Waals surface area contributed by atoms with E-state index >= 15 is 0 Å². The van der Waals surface area contributed by atoms with E-state index in [4.69, 9.17) is 5.11 Å². The SMILES string of the molecule is CC(=O)N1CCN(C(=O)C2CCC(C(=O)O)C2)CC1. The van der Waals surface area contributed by atoms with Crippen LogP contribution in [-0.4, -0.2) is 58.9 Å². The molecule has 0 aromatic rings. The summed E-state index contributed by atoms with van der Waals surface area (Å²) in [5, 5.41) is 8.95. The second-order valence-corrected chi connectivity index (χ2v) is 5.38. The fourth-order valence-corrected chi connectivity index (χ4v) is 2.93. The van der Waals surface area contributed by atoms with Gasteiger partial charge in [0.25, 0.3) is 0 Å². The molecule has 2 rings (SSSR count). The smallest absolute Gasteiger partial charge is 0.306 e. The molecule has 1 saturated heterocycles. The molecule has 0 bridgehead atoms. The topological polar surface area (TPSA) is 77.9 Å². The number of carbonyl (C=O) groups excluding carboxylic acids is 2. The Morgan fingerprint density at radius 3 is 1.95 bits per heavy atom. The van der Waals surface area contributed by atoms with E-state index in [1.165, 1.54) is 6.92 Å². The fourth-order valence-electron chi connectivity index (χ4n) is 2.93. The van der Waals surface area contributed by atoms with Gasteiger partial charge < -0.3 is 14.9 Å². The highest BCUT2D eigenvalue weighted by atomic mass is 16.4. The summed E-state index contributed by atoms with van der Waals surface area (Å²) in [5.74, 6) is -1.21. The Morgan fingerprint density at radius 1 is 0.947 bits per heavy atom. The molecule has 1 aliphatic heterocycles. The van der Waals surface area contributed by atoms with Crippen LogP contribution in [0, 0.1) is 11.8 Å². The third kappa shape index (κ3) is 3.05. The third-order valence-electron chi connectivity index (χ3n) is 4.17. The zero-order valence-corrected chi connectivity index (χ0v) is 11.2. The maximum Gasteiger partial charge on any atom is 0.306 e. The molecule has 19 heavy (non-hydrogen) atoms. The Morgan fingerprint density at radius 2 is 1.47 bits per heavy atom. The van der Waals surface area contributed by atoms with Crippen molar-refractivity contribution in [3.8, 4) is 0 Å². The monoisotopic (exact) mass is 268 g/mol. The Labute approximate surface area is 112 Å². The van der Waals surface area contributed by atoms with E-state index in [-0.39, 0.29) is 23.7 Å². The molecular formula is C13H20N2O4. The lowest BCUT2D eigenvalue weighted by molar-refractivity contribution is -0.143. The van der Waals surface area contributed by atoms with Crippen LogP contribution in [0.4, 0.5) is 0 Å². The van der Waals surface area contributed by atoms with Gasteiger partial charge in [-0.1, -0.05) is 0 Å². The number of rotatable bonds is 2. The van der Waals surface area contributed by atoms with Crippen molar-refractivity contribution in [2.75, 3.05) is 26.2 Å². The molecule has 2 unspecified atom stereocenters. The second-order valence-electron chi connectivity index (χ2n) is 5.38. The lowest BCUT2D eigenvalue weighted by Gasteiger charge is -2.35. The molecule has 1 saturated carbocycles. The van der Waals surface area contributed by atoms with Gasteiger partial charge in [0.15, 0.2) is 0 Å². The first-order valence-corrected chi connectivity index (χ1v) is 6.76. The number of nitrogens with zero attached hydrogens (tertiary/aromatic N) is 2. The second kappa shape index (κ2) is 5.59. The molecule has 1 N–H and O–H groups in total. The van der Waals surface area contributed by atoms with Crippen molar-refractivity contribution in [3.63, 3.8) is 0 Å². The van der Waals surface area contributed by atoms with Crippen molar-refractivity contribution in [2.24, 2.45) is 11.8 Å². The standard InChI is InChI=1S/C13H20N2O4/c1-9(16)14-4-6-15(7-5-14)12(17)10-2-3-11(8-10)13(18)19/h10-11H,2-8H2,1H3,(H,18,19). The molecule has 106 valence electrons. The molecule has 2 amide bonds. The van der Waals surface area contributed by atoms with Gasteiger partial charge in [0.2, 0.25) is 11.8 Å². The molecule has 2 fully saturated rings. The summed E-state index contributed by atoms with van der Waals surface area (Å²) in [6.07, 6.45) is 1.73. The van der Waals surface area contributed by atoms with Crippen molar-refractivity contribution < 1.29 is 19.5 Å². The molecule has 2 atom stereocenters. The molecular weight excluding hydrogens is 248 g/mol. The zero-order chi connectivity index (χ0) is 14.0. The van der Waals surface area contributed by atoms with Crippen molar-refractivity contribution in [1.29, 1.82) is 0 Å². The van der Waals surface area contributed by atoms with E-state index < -0.39 is 5.97 Å². The number of piperazine rings is 1. The number of carboxylic acids is 1. The highest BCUT2D eigenvalue weighted by Gasteiger charge is 2.36. The summed E-state index contributed by atoms with van der Waals surface area (Å²) in [6.45, 7) is 3.82. The normalized spacial score (nSPS) is 27.4. The lowest BCUT2D eigenvalue weighted by Crippen LogP contribution is -2.51. The van der Waals surface area contributed by atoms with Gasteiger partial charge in [0, 0.05) is 39.0 Å². The van der Waals surface area contributed by atoms with E-state index in [2.05, 4.69) is 0 Å². The first-order chi connectivity index (χ1) is 8.99. The molecule has 6 nitrogen and oxygen atoms in total. The molecule has 1 heterocycles. The Kier molecular flexibility index (Phi) is 4.07. The number of hydrogen-bond donors (Lipinski definition) is 1. The lowest BCUT2D eigenvalue weighted by atomic mass is 10.0. The molecule has 2 aliphatic rings. The average molecular weight is 268 g/mol. The summed E-state index contributed by atoms with van der Waals surface area (Å²) in [4.78, 5) is 37.9. The quantitative estimate of drug-likeness (QED) is 0.775. The summed E-state index contributed by atoms with van der Waals surface area (Å²) in [6, 6.07) is 0. The van der Waals surface area contributed by atoms with Gasteiger partial charge >= 0.3 is 5.97 Å². The van der Waals surface area contributed by atoms with Gasteiger partial charge in [-0.25, -0.2) is 0 Å². The van der Waals surface area contributed by atoms with Crippen molar-refractivity contribution in [1.82, 2.24) is 9.80 Å². The van der Waals surface area contributed by atoms with Gasteiger partial charge in [0.05, 0.1) is 5.92 Å². The van der Waals surface area contributed by atoms with Gasteiger partial charge in [-0.3, -0.25) is 14.4 Å². The third-order valence-corrected chi connectivity index (χ3v) is 4.17. The van der Waals surface area contributed by atoms with E-state index in [9.17, 15) is 14.4 Å². The van der Waals surface area contributed by atoms with Crippen molar-refractivity contribution >= 4 is 17.8 Å². The van der Waals surface area contributed by atoms with Crippen LogP contribution in [0.2, 0.25) is 0 Å². The minimum atomic E-state index is -0.795. The average Bonchev–Trinajstić information content (AvgIpc) is 2.87. The number of carbonyl (C=O) groups is 3. The Balaban J connectivity index is 1.85. The predicted octanol–water partition coefficient (Wildman–Crippen LogP) is 0.178. The van der Waals surface area contributed by atoms with E-state index in [0.717, 1.165) is 0 Å². The fraction of sp³-hybridized carbons (Fsp3) is 0.769. The van der Waals surface area contributed by atoms with Gasteiger partial charge in [-0.05, 0) is 19.3 Å². The molecule has 0 aromatic heterocycles. The van der Waals surface area contributed by atoms with E-state index in [0.29, 0.717) is 45.4 Å². The molecule has 0 aromatic carbocycles. The largest absolute Gasteiger partial charge is 0.481 e. The van der Waals surface area contributed by atoms with E-state index in [1.807, 2.05) is 0 Å². The van der Waals surface area contributed by atoms with Crippen LogP contribution >= 0.6 is 0 Å². The number of carboxylic acid groups (broad SMARTS) is 1. The van der Waals surface area contributed by atoms with Gasteiger partial charge in [-0.15, -0.1) is 0 Å². The van der Waals surface area contributed by atoms with Crippen molar-refractivity contribution in [3.05, 3.63) is 0 Å². The Bertz CT molecular complexity index is 388.